The number of carbonyl (C=O) groups excluding carboxylic acids is 3. The number of amides is 3. The number of aryl methyl sites for hydroxylation is 3. The largest absolute Gasteiger partial charge is 0.474 e. The Morgan fingerprint density at radius 3 is 2.41 bits per heavy atom. The number of pyridine rings is 1. The molecule has 10 rings (SSSR count). The van der Waals surface area contributed by atoms with E-state index in [4.69, 9.17) is 26.4 Å². The minimum atomic E-state index is -0.615. The molecule has 2 N–H and O–H groups in total. The van der Waals surface area contributed by atoms with Crippen LogP contribution >= 0.6 is 34.3 Å². The number of carbonyl (C=O) groups is 3. The number of thiazole rings is 1. The number of halogens is 1. The van der Waals surface area contributed by atoms with Crippen LogP contribution in [0.4, 0.5) is 0 Å². The van der Waals surface area contributed by atoms with Crippen molar-refractivity contribution in [2.45, 2.75) is 111 Å². The van der Waals surface area contributed by atoms with E-state index in [9.17, 15) is 14.4 Å². The second-order valence-electron chi connectivity index (χ2n) is 19.4. The van der Waals surface area contributed by atoms with E-state index < -0.39 is 18.1 Å². The molecule has 0 unspecified atom stereocenters. The fraction of sp³-hybridized carbons (Fsp3) is 0.377. The zero-order chi connectivity index (χ0) is 49.7. The van der Waals surface area contributed by atoms with Crippen molar-refractivity contribution in [2.24, 2.45) is 16.8 Å². The molecule has 71 heavy (non-hydrogen) atoms. The number of ether oxygens (including phenoxy) is 1. The van der Waals surface area contributed by atoms with E-state index in [-0.39, 0.29) is 48.1 Å². The Kier molecular flexibility index (Phi) is 13.5. The first-order valence-electron chi connectivity index (χ1n) is 24.1. The SMILES string of the molecule is Cc1ncsc1-c1ccc(CNC(=O)[C@@H]2C[C@@H](C)CN2C(=O)[C@@H](C(C)C)n2cc(-c3ccnc(O[C@H]4C[C@@H](NC(=O)C[C@@H]5N=C(c6ccc(Cl)cc6)c6c(sc(C)c6C)-n6c(C)nnc65)C4)c3)cn2)cc1. The van der Waals surface area contributed by atoms with E-state index >= 15 is 0 Å². The van der Waals surface area contributed by atoms with E-state index in [0.717, 1.165) is 66.1 Å². The summed E-state index contributed by atoms with van der Waals surface area (Å²) in [6.07, 6.45) is 7.12. The van der Waals surface area contributed by atoms with Crippen LogP contribution in [0, 0.1) is 39.5 Å². The molecule has 7 aromatic rings. The number of rotatable bonds is 14. The Labute approximate surface area is 425 Å². The predicted octanol–water partition coefficient (Wildman–Crippen LogP) is 9.36. The van der Waals surface area contributed by atoms with Gasteiger partial charge in [-0.25, -0.2) is 9.97 Å². The standard InChI is InChI=1S/C53H56ClN11O4S2/c1-28(2)48(52(68)63-25-29(3)18-43(63)51(67)56-23-34-8-10-36(11-9-34)49-31(5)57-27-70-49)64-26-38(24-58-64)37-16-17-55-45(19-37)69-41-20-40(21-41)59-44(66)22-42-50-62-61-33(7)65(50)53-46(30(4)32(6)71-53)47(60-42)35-12-14-39(54)15-13-35/h8-17,19,24,26-29,40-43,48H,18,20-23,25H2,1-7H3,(H,56,67)(H,59,66)/t29-,40-,41+,42+,43+,48-/m1/s1. The van der Waals surface area contributed by atoms with Gasteiger partial charge >= 0.3 is 0 Å². The third kappa shape index (κ3) is 9.79. The molecule has 0 radical (unpaired) electrons. The van der Waals surface area contributed by atoms with Crippen molar-refractivity contribution in [2.75, 3.05) is 6.54 Å². The summed E-state index contributed by atoms with van der Waals surface area (Å²) in [5, 5.41) is 21.6. The lowest BCUT2D eigenvalue weighted by molar-refractivity contribution is -0.142. The van der Waals surface area contributed by atoms with Gasteiger partial charge in [0.1, 0.15) is 35.1 Å². The predicted molar refractivity (Wildman–Crippen MR) is 276 cm³/mol. The van der Waals surface area contributed by atoms with E-state index in [1.807, 2.05) is 92.5 Å². The maximum Gasteiger partial charge on any atom is 0.248 e. The highest BCUT2D eigenvalue weighted by Gasteiger charge is 2.42. The first-order chi connectivity index (χ1) is 34.2. The highest BCUT2D eigenvalue weighted by Crippen LogP contribution is 2.40. The van der Waals surface area contributed by atoms with Crippen LogP contribution in [0.3, 0.4) is 0 Å². The number of aliphatic imine (C=N–C) groups is 1. The molecule has 2 aliphatic heterocycles. The summed E-state index contributed by atoms with van der Waals surface area (Å²) < 4.78 is 10.1. The minimum absolute atomic E-state index is 0.0723. The molecule has 0 bridgehead atoms. The van der Waals surface area contributed by atoms with Gasteiger partial charge in [-0.05, 0) is 86.4 Å². The number of aromatic nitrogens is 7. The number of thiophene rings is 1. The third-order valence-corrected chi connectivity index (χ3v) is 16.3. The first-order valence-corrected chi connectivity index (χ1v) is 26.2. The molecule has 15 nitrogen and oxygen atoms in total. The smallest absolute Gasteiger partial charge is 0.248 e. The second kappa shape index (κ2) is 19.9. The van der Waals surface area contributed by atoms with Crippen molar-refractivity contribution in [1.82, 2.24) is 50.0 Å². The van der Waals surface area contributed by atoms with Crippen LogP contribution in [0.1, 0.15) is 103 Å². The van der Waals surface area contributed by atoms with E-state index in [0.29, 0.717) is 49.1 Å². The molecule has 3 aliphatic rings. The van der Waals surface area contributed by atoms with Crippen LogP contribution in [-0.4, -0.2) is 87.6 Å². The molecule has 366 valence electrons. The molecular formula is C53H56ClN11O4S2. The van der Waals surface area contributed by atoms with Crippen LogP contribution < -0.4 is 15.4 Å². The van der Waals surface area contributed by atoms with Gasteiger partial charge in [-0.1, -0.05) is 68.8 Å². The second-order valence-corrected chi connectivity index (χ2v) is 21.9. The van der Waals surface area contributed by atoms with E-state index in [2.05, 4.69) is 63.7 Å². The van der Waals surface area contributed by atoms with Crippen molar-refractivity contribution in [1.29, 1.82) is 0 Å². The fourth-order valence-electron chi connectivity index (χ4n) is 9.91. The van der Waals surface area contributed by atoms with Gasteiger partial charge in [-0.2, -0.15) is 5.10 Å². The number of likely N-dealkylation sites (tertiary alicyclic amines) is 1. The molecule has 4 atom stereocenters. The zero-order valence-corrected chi connectivity index (χ0v) is 43.1. The third-order valence-electron chi connectivity index (χ3n) is 13.8. The van der Waals surface area contributed by atoms with Gasteiger partial charge in [-0.15, -0.1) is 32.9 Å². The number of nitrogens with zero attached hydrogens (tertiary/aromatic N) is 9. The molecule has 7 heterocycles. The summed E-state index contributed by atoms with van der Waals surface area (Å²) in [7, 11) is 0. The Morgan fingerprint density at radius 2 is 1.68 bits per heavy atom. The van der Waals surface area contributed by atoms with Crippen molar-refractivity contribution in [3.05, 3.63) is 134 Å². The lowest BCUT2D eigenvalue weighted by atomic mass is 9.89. The van der Waals surface area contributed by atoms with Gasteiger partial charge in [0, 0.05) is 77.0 Å². The Hall–Kier alpha value is -6.56. The average Bonchev–Trinajstić information content (AvgIpc) is 4.19. The topological polar surface area (TPSA) is 174 Å². The fourth-order valence-corrected chi connectivity index (χ4v) is 12.1. The average molecular weight is 1010 g/mol. The molecule has 1 aliphatic carbocycles. The molecule has 18 heteroatoms. The summed E-state index contributed by atoms with van der Waals surface area (Å²) >= 11 is 9.57. The summed E-state index contributed by atoms with van der Waals surface area (Å²) in [6.45, 7) is 15.1. The molecule has 1 saturated heterocycles. The van der Waals surface area contributed by atoms with Gasteiger partial charge in [0.25, 0.3) is 0 Å². The van der Waals surface area contributed by atoms with Crippen LogP contribution in [0.25, 0.3) is 26.6 Å². The highest BCUT2D eigenvalue weighted by molar-refractivity contribution is 7.15. The molecule has 2 fully saturated rings. The lowest BCUT2D eigenvalue weighted by Crippen LogP contribution is -2.49. The normalized spacial score (nSPS) is 19.9. The van der Waals surface area contributed by atoms with Crippen molar-refractivity contribution < 1.29 is 19.1 Å². The monoisotopic (exact) mass is 1010 g/mol. The van der Waals surface area contributed by atoms with Gasteiger partial charge in [0.05, 0.1) is 34.4 Å². The first kappa shape index (κ1) is 48.1. The maximum absolute atomic E-state index is 14.5. The Bertz CT molecular complexity index is 3150. The van der Waals surface area contributed by atoms with Crippen molar-refractivity contribution >= 4 is 57.7 Å². The number of benzene rings is 2. The summed E-state index contributed by atoms with van der Waals surface area (Å²) in [6, 6.07) is 17.7. The lowest BCUT2D eigenvalue weighted by Gasteiger charge is -2.35. The number of nitrogens with one attached hydrogen (secondary N) is 2. The van der Waals surface area contributed by atoms with Crippen LogP contribution in [-0.2, 0) is 20.9 Å². The van der Waals surface area contributed by atoms with Gasteiger partial charge in [0.15, 0.2) is 5.82 Å². The van der Waals surface area contributed by atoms with Crippen molar-refractivity contribution in [3.63, 3.8) is 0 Å². The number of hydrogen-bond donors (Lipinski definition) is 2. The Balaban J connectivity index is 0.757. The van der Waals surface area contributed by atoms with Gasteiger partial charge < -0.3 is 20.3 Å². The molecule has 0 spiro atoms. The number of fused-ring (bicyclic) bond motifs is 3. The molecule has 2 aromatic carbocycles. The molecular weight excluding hydrogens is 954 g/mol. The number of hydrogen-bond acceptors (Lipinski definition) is 12. The summed E-state index contributed by atoms with van der Waals surface area (Å²) in [5.41, 5.74) is 10.4. The Morgan fingerprint density at radius 1 is 0.915 bits per heavy atom. The van der Waals surface area contributed by atoms with Gasteiger partial charge in [0.2, 0.25) is 23.6 Å². The van der Waals surface area contributed by atoms with E-state index in [1.54, 1.807) is 44.6 Å². The van der Waals surface area contributed by atoms with Crippen LogP contribution in [0.2, 0.25) is 5.02 Å². The van der Waals surface area contributed by atoms with Crippen LogP contribution in [0.15, 0.2) is 89.8 Å². The van der Waals surface area contributed by atoms with E-state index in [1.165, 1.54) is 4.88 Å². The minimum Gasteiger partial charge on any atom is -0.474 e. The molecule has 1 saturated carbocycles. The zero-order valence-electron chi connectivity index (χ0n) is 40.7. The molecule has 3 amide bonds. The highest BCUT2D eigenvalue weighted by atomic mass is 35.5. The van der Waals surface area contributed by atoms with Crippen LogP contribution in [0.5, 0.6) is 5.88 Å². The van der Waals surface area contributed by atoms with Crippen molar-refractivity contribution in [3.8, 4) is 32.4 Å². The quantitative estimate of drug-likeness (QED) is 0.108. The summed E-state index contributed by atoms with van der Waals surface area (Å²) in [4.78, 5) is 60.1. The maximum atomic E-state index is 14.5. The molecule has 5 aromatic heterocycles. The summed E-state index contributed by atoms with van der Waals surface area (Å²) in [5.74, 6) is 1.49. The van der Waals surface area contributed by atoms with Gasteiger partial charge in [-0.3, -0.25) is 28.6 Å².